The van der Waals surface area contributed by atoms with Crippen LogP contribution in [0.25, 0.3) is 10.2 Å². The monoisotopic (exact) mass is 187 g/mol. The molecular formula is C7H3ClFNS. The van der Waals surface area contributed by atoms with E-state index >= 15 is 0 Å². The van der Waals surface area contributed by atoms with Crippen LogP contribution in [-0.2, 0) is 0 Å². The van der Waals surface area contributed by atoms with E-state index in [2.05, 4.69) is 4.98 Å². The number of benzene rings is 1. The van der Waals surface area contributed by atoms with Crippen molar-refractivity contribution in [2.24, 2.45) is 0 Å². The Morgan fingerprint density at radius 3 is 3.09 bits per heavy atom. The third-order valence-electron chi connectivity index (χ3n) is 1.32. The predicted octanol–water partition coefficient (Wildman–Crippen LogP) is 3.09. The quantitative estimate of drug-likeness (QED) is 0.618. The molecule has 2 aromatic rings. The summed E-state index contributed by atoms with van der Waals surface area (Å²) in [6, 6.07) is 4.45. The zero-order valence-corrected chi connectivity index (χ0v) is 6.92. The third-order valence-corrected chi connectivity index (χ3v) is 2.46. The fourth-order valence-corrected chi connectivity index (χ4v) is 1.88. The summed E-state index contributed by atoms with van der Waals surface area (Å²) in [5.41, 5.74) is 0.625. The second-order valence-corrected chi connectivity index (χ2v) is 3.69. The van der Waals surface area contributed by atoms with E-state index in [-0.39, 0.29) is 5.82 Å². The van der Waals surface area contributed by atoms with Gasteiger partial charge < -0.3 is 0 Å². The first-order valence-corrected chi connectivity index (χ1v) is 4.17. The van der Waals surface area contributed by atoms with Crippen LogP contribution >= 0.6 is 22.9 Å². The molecule has 2 rings (SSSR count). The van der Waals surface area contributed by atoms with Gasteiger partial charge in [-0.25, -0.2) is 9.37 Å². The van der Waals surface area contributed by atoms with Crippen molar-refractivity contribution in [3.05, 3.63) is 28.5 Å². The highest BCUT2D eigenvalue weighted by molar-refractivity contribution is 7.22. The van der Waals surface area contributed by atoms with E-state index in [0.717, 1.165) is 4.70 Å². The first-order valence-electron chi connectivity index (χ1n) is 2.97. The van der Waals surface area contributed by atoms with Gasteiger partial charge in [-0.1, -0.05) is 11.6 Å². The average molecular weight is 188 g/mol. The molecule has 0 atom stereocenters. The maximum absolute atomic E-state index is 12.6. The first-order chi connectivity index (χ1) is 5.25. The van der Waals surface area contributed by atoms with Crippen molar-refractivity contribution >= 4 is 33.2 Å². The minimum atomic E-state index is -0.278. The molecule has 1 aromatic carbocycles. The molecule has 4 heteroatoms. The lowest BCUT2D eigenvalue weighted by Gasteiger charge is -1.85. The van der Waals surface area contributed by atoms with Gasteiger partial charge >= 0.3 is 0 Å². The number of halogens is 2. The van der Waals surface area contributed by atoms with Gasteiger partial charge in [0.2, 0.25) is 0 Å². The maximum Gasteiger partial charge on any atom is 0.184 e. The molecule has 0 radical (unpaired) electrons. The Hall–Kier alpha value is -0.670. The van der Waals surface area contributed by atoms with E-state index in [1.165, 1.54) is 23.5 Å². The molecule has 0 amide bonds. The molecule has 0 bridgehead atoms. The van der Waals surface area contributed by atoms with Crippen molar-refractivity contribution < 1.29 is 4.39 Å². The molecule has 0 N–H and O–H groups in total. The zero-order valence-electron chi connectivity index (χ0n) is 5.34. The summed E-state index contributed by atoms with van der Waals surface area (Å²) in [6.07, 6.45) is 0. The Balaban J connectivity index is 2.82. The summed E-state index contributed by atoms with van der Waals surface area (Å²) in [7, 11) is 0. The summed E-state index contributed by atoms with van der Waals surface area (Å²) in [5.74, 6) is -0.278. The number of fused-ring (bicyclic) bond motifs is 1. The fourth-order valence-electron chi connectivity index (χ4n) is 0.872. The van der Waals surface area contributed by atoms with E-state index in [1.54, 1.807) is 6.07 Å². The molecule has 0 unspecified atom stereocenters. The minimum Gasteiger partial charge on any atom is -0.225 e. The van der Waals surface area contributed by atoms with Gasteiger partial charge in [-0.3, -0.25) is 0 Å². The van der Waals surface area contributed by atoms with Gasteiger partial charge in [-0.05, 0) is 12.1 Å². The van der Waals surface area contributed by atoms with Crippen LogP contribution in [-0.4, -0.2) is 4.98 Å². The molecular weight excluding hydrogens is 185 g/mol. The molecule has 56 valence electrons. The zero-order chi connectivity index (χ0) is 7.84. The van der Waals surface area contributed by atoms with Crippen LogP contribution < -0.4 is 0 Å². The molecule has 0 spiro atoms. The normalized spacial score (nSPS) is 10.7. The van der Waals surface area contributed by atoms with Crippen molar-refractivity contribution in [1.29, 1.82) is 0 Å². The summed E-state index contributed by atoms with van der Waals surface area (Å²) in [5, 5.41) is 0. The van der Waals surface area contributed by atoms with Crippen molar-refractivity contribution in [1.82, 2.24) is 4.98 Å². The van der Waals surface area contributed by atoms with E-state index in [0.29, 0.717) is 9.98 Å². The molecule has 0 aliphatic carbocycles. The Morgan fingerprint density at radius 2 is 2.27 bits per heavy atom. The number of thiazole rings is 1. The summed E-state index contributed by atoms with van der Waals surface area (Å²) >= 11 is 6.97. The van der Waals surface area contributed by atoms with E-state index in [4.69, 9.17) is 11.6 Å². The molecule has 0 saturated carbocycles. The largest absolute Gasteiger partial charge is 0.225 e. The van der Waals surface area contributed by atoms with E-state index in [9.17, 15) is 4.39 Å². The van der Waals surface area contributed by atoms with Crippen molar-refractivity contribution in [2.75, 3.05) is 0 Å². The standard InChI is InChI=1S/C7H3ClFNS/c8-7-10-5-3-4(9)1-2-6(5)11-7/h1-3H. The minimum absolute atomic E-state index is 0.278. The molecule has 1 heterocycles. The summed E-state index contributed by atoms with van der Waals surface area (Å²) < 4.78 is 13.9. The van der Waals surface area contributed by atoms with Gasteiger partial charge in [-0.2, -0.15) is 0 Å². The summed E-state index contributed by atoms with van der Waals surface area (Å²) in [6.45, 7) is 0. The van der Waals surface area contributed by atoms with Gasteiger partial charge in [0.25, 0.3) is 0 Å². The average Bonchev–Trinajstić information content (AvgIpc) is 2.27. The molecule has 1 nitrogen and oxygen atoms in total. The Morgan fingerprint density at radius 1 is 1.45 bits per heavy atom. The van der Waals surface area contributed by atoms with Crippen LogP contribution in [0.15, 0.2) is 18.2 Å². The van der Waals surface area contributed by atoms with Gasteiger partial charge in [0, 0.05) is 6.07 Å². The number of hydrogen-bond donors (Lipinski definition) is 0. The number of aromatic nitrogens is 1. The Labute approximate surface area is 71.4 Å². The van der Waals surface area contributed by atoms with Crippen LogP contribution in [0.2, 0.25) is 4.47 Å². The SMILES string of the molecule is Fc1ccc2sc(Cl)nc2c1. The highest BCUT2D eigenvalue weighted by atomic mass is 35.5. The Bertz CT molecular complexity index is 398. The molecule has 0 aliphatic rings. The maximum atomic E-state index is 12.6. The van der Waals surface area contributed by atoms with Gasteiger partial charge in [0.05, 0.1) is 10.2 Å². The van der Waals surface area contributed by atoms with Crippen LogP contribution in [0, 0.1) is 5.82 Å². The van der Waals surface area contributed by atoms with Gasteiger partial charge in [0.1, 0.15) is 5.82 Å². The molecule has 1 aromatic heterocycles. The lowest BCUT2D eigenvalue weighted by molar-refractivity contribution is 0.629. The van der Waals surface area contributed by atoms with Crippen molar-refractivity contribution in [3.8, 4) is 0 Å². The molecule has 0 aliphatic heterocycles. The fraction of sp³-hybridized carbons (Fsp3) is 0. The predicted molar refractivity (Wildman–Crippen MR) is 44.6 cm³/mol. The number of hydrogen-bond acceptors (Lipinski definition) is 2. The molecule has 0 fully saturated rings. The topological polar surface area (TPSA) is 12.9 Å². The highest BCUT2D eigenvalue weighted by Crippen LogP contribution is 2.25. The lowest BCUT2D eigenvalue weighted by atomic mass is 10.3. The third kappa shape index (κ3) is 1.21. The smallest absolute Gasteiger partial charge is 0.184 e. The van der Waals surface area contributed by atoms with Gasteiger partial charge in [0.15, 0.2) is 4.47 Å². The number of nitrogens with zero attached hydrogens (tertiary/aromatic N) is 1. The first kappa shape index (κ1) is 7.00. The van der Waals surface area contributed by atoms with Crippen LogP contribution in [0.3, 0.4) is 0 Å². The van der Waals surface area contributed by atoms with Crippen LogP contribution in [0.5, 0.6) is 0 Å². The summed E-state index contributed by atoms with van der Waals surface area (Å²) in [4.78, 5) is 3.92. The highest BCUT2D eigenvalue weighted by Gasteiger charge is 2.01. The number of rotatable bonds is 0. The lowest BCUT2D eigenvalue weighted by Crippen LogP contribution is -1.71. The molecule has 11 heavy (non-hydrogen) atoms. The van der Waals surface area contributed by atoms with E-state index in [1.807, 2.05) is 0 Å². The molecule has 0 saturated heterocycles. The second kappa shape index (κ2) is 2.43. The van der Waals surface area contributed by atoms with Crippen molar-refractivity contribution in [2.45, 2.75) is 0 Å². The van der Waals surface area contributed by atoms with Crippen LogP contribution in [0.4, 0.5) is 4.39 Å². The Kier molecular flexibility index (Phi) is 1.55. The second-order valence-electron chi connectivity index (χ2n) is 2.08. The van der Waals surface area contributed by atoms with Crippen molar-refractivity contribution in [3.63, 3.8) is 0 Å². The van der Waals surface area contributed by atoms with Gasteiger partial charge in [-0.15, -0.1) is 11.3 Å². The van der Waals surface area contributed by atoms with Crippen LogP contribution in [0.1, 0.15) is 0 Å². The van der Waals surface area contributed by atoms with E-state index < -0.39 is 0 Å².